The lowest BCUT2D eigenvalue weighted by atomic mass is 9.89. The molecule has 1 aliphatic rings. The van der Waals surface area contributed by atoms with Crippen molar-refractivity contribution in [2.45, 2.75) is 32.1 Å². The largest absolute Gasteiger partial charge is 0.481 e. The molecule has 2 heterocycles. The predicted molar refractivity (Wildman–Crippen MR) is 85.5 cm³/mol. The summed E-state index contributed by atoms with van der Waals surface area (Å²) in [4.78, 5) is 18.0. The van der Waals surface area contributed by atoms with Gasteiger partial charge in [-0.3, -0.25) is 4.79 Å². The van der Waals surface area contributed by atoms with Gasteiger partial charge in [0.05, 0.1) is 5.92 Å². The Morgan fingerprint density at radius 1 is 1.26 bits per heavy atom. The maximum absolute atomic E-state index is 11.6. The van der Waals surface area contributed by atoms with Gasteiger partial charge < -0.3 is 14.5 Å². The molecule has 1 N–H and O–H groups in total. The molecule has 0 bridgehead atoms. The third kappa shape index (κ3) is 3.06. The molecule has 0 radical (unpaired) electrons. The highest BCUT2D eigenvalue weighted by atomic mass is 16.5. The standard InChI is InChI=1S/C17H21N3O3/c1-17(2,3)15-18-16(19-23-15)20-9-12(13(10-20)14(21)22)11-7-5-4-6-8-11/h4-8,12-13H,9-10H2,1-3H3,(H,21,22)/t12-,13+/m1/s1. The van der Waals surface area contributed by atoms with Crippen LogP contribution < -0.4 is 4.90 Å². The lowest BCUT2D eigenvalue weighted by Gasteiger charge is -2.14. The van der Waals surface area contributed by atoms with Gasteiger partial charge in [-0.05, 0) is 10.7 Å². The van der Waals surface area contributed by atoms with Crippen molar-refractivity contribution in [1.29, 1.82) is 0 Å². The molecular weight excluding hydrogens is 294 g/mol. The second-order valence-electron chi connectivity index (χ2n) is 7.02. The van der Waals surface area contributed by atoms with Crippen molar-refractivity contribution in [3.05, 3.63) is 41.8 Å². The first kappa shape index (κ1) is 15.5. The van der Waals surface area contributed by atoms with Crippen molar-refractivity contribution in [3.63, 3.8) is 0 Å². The normalized spacial score (nSPS) is 21.6. The summed E-state index contributed by atoms with van der Waals surface area (Å²) in [5.41, 5.74) is 0.803. The Bertz CT molecular complexity index is 691. The molecule has 0 aliphatic carbocycles. The number of carboxylic acids is 1. The van der Waals surface area contributed by atoms with Gasteiger partial charge in [0.1, 0.15) is 0 Å². The van der Waals surface area contributed by atoms with E-state index >= 15 is 0 Å². The first-order valence-electron chi connectivity index (χ1n) is 7.73. The summed E-state index contributed by atoms with van der Waals surface area (Å²) in [6.07, 6.45) is 0. The van der Waals surface area contributed by atoms with Crippen LogP contribution in [0.15, 0.2) is 34.9 Å². The van der Waals surface area contributed by atoms with Crippen LogP contribution in [0.4, 0.5) is 5.95 Å². The summed E-state index contributed by atoms with van der Waals surface area (Å²) in [5.74, 6) is -0.317. The van der Waals surface area contributed by atoms with Crippen molar-refractivity contribution in [2.24, 2.45) is 5.92 Å². The fourth-order valence-electron chi connectivity index (χ4n) is 2.90. The lowest BCUT2D eigenvalue weighted by Crippen LogP contribution is -2.24. The number of hydrogen-bond donors (Lipinski definition) is 1. The number of carboxylic acid groups (broad SMARTS) is 1. The molecule has 1 saturated heterocycles. The van der Waals surface area contributed by atoms with E-state index < -0.39 is 11.9 Å². The summed E-state index contributed by atoms with van der Waals surface area (Å²) < 4.78 is 5.33. The summed E-state index contributed by atoms with van der Waals surface area (Å²) >= 11 is 0. The third-order valence-corrected chi connectivity index (χ3v) is 4.20. The number of carbonyl (C=O) groups is 1. The smallest absolute Gasteiger partial charge is 0.308 e. The summed E-state index contributed by atoms with van der Waals surface area (Å²) in [6, 6.07) is 9.74. The van der Waals surface area contributed by atoms with Crippen LogP contribution in [-0.2, 0) is 10.2 Å². The van der Waals surface area contributed by atoms with Gasteiger partial charge in [-0.2, -0.15) is 4.98 Å². The fraction of sp³-hybridized carbons (Fsp3) is 0.471. The van der Waals surface area contributed by atoms with Crippen molar-refractivity contribution in [1.82, 2.24) is 10.1 Å². The third-order valence-electron chi connectivity index (χ3n) is 4.20. The van der Waals surface area contributed by atoms with Crippen LogP contribution in [-0.4, -0.2) is 34.3 Å². The zero-order valence-electron chi connectivity index (χ0n) is 13.6. The van der Waals surface area contributed by atoms with Gasteiger partial charge in [-0.15, -0.1) is 0 Å². The van der Waals surface area contributed by atoms with E-state index in [2.05, 4.69) is 10.1 Å². The summed E-state index contributed by atoms with van der Waals surface area (Å²) in [6.45, 7) is 6.96. The molecule has 0 unspecified atom stereocenters. The Balaban J connectivity index is 1.86. The Morgan fingerprint density at radius 2 is 1.96 bits per heavy atom. The lowest BCUT2D eigenvalue weighted by molar-refractivity contribution is -0.141. The molecule has 6 nitrogen and oxygen atoms in total. The number of nitrogens with zero attached hydrogens (tertiary/aromatic N) is 3. The zero-order valence-corrected chi connectivity index (χ0v) is 13.6. The second kappa shape index (κ2) is 5.68. The Hall–Kier alpha value is -2.37. The molecule has 1 aromatic heterocycles. The number of aliphatic carboxylic acids is 1. The zero-order chi connectivity index (χ0) is 16.6. The average Bonchev–Trinajstić information content (AvgIpc) is 3.14. The highest BCUT2D eigenvalue weighted by molar-refractivity contribution is 5.73. The molecule has 122 valence electrons. The molecule has 2 atom stereocenters. The van der Waals surface area contributed by atoms with E-state index in [-0.39, 0.29) is 11.3 Å². The topological polar surface area (TPSA) is 79.5 Å². The molecule has 1 aliphatic heterocycles. The van der Waals surface area contributed by atoms with Crippen molar-refractivity contribution < 1.29 is 14.4 Å². The number of anilines is 1. The van der Waals surface area contributed by atoms with Crippen molar-refractivity contribution >= 4 is 11.9 Å². The number of benzene rings is 1. The molecule has 2 aromatic rings. The van der Waals surface area contributed by atoms with Gasteiger partial charge in [0.25, 0.3) is 5.95 Å². The van der Waals surface area contributed by atoms with E-state index in [1.807, 2.05) is 56.0 Å². The van der Waals surface area contributed by atoms with Crippen LogP contribution in [0, 0.1) is 5.92 Å². The van der Waals surface area contributed by atoms with Crippen LogP contribution in [0.1, 0.15) is 38.1 Å². The number of aromatic nitrogens is 2. The summed E-state index contributed by atoms with van der Waals surface area (Å²) in [7, 11) is 0. The molecule has 0 amide bonds. The minimum absolute atomic E-state index is 0.0784. The van der Waals surface area contributed by atoms with Gasteiger partial charge in [0, 0.05) is 24.4 Å². The highest BCUT2D eigenvalue weighted by Gasteiger charge is 2.40. The summed E-state index contributed by atoms with van der Waals surface area (Å²) in [5, 5.41) is 13.6. The molecule has 0 spiro atoms. The van der Waals surface area contributed by atoms with E-state index in [4.69, 9.17) is 4.52 Å². The van der Waals surface area contributed by atoms with Crippen LogP contribution in [0.5, 0.6) is 0 Å². The van der Waals surface area contributed by atoms with Gasteiger partial charge in [-0.25, -0.2) is 0 Å². The second-order valence-corrected chi connectivity index (χ2v) is 7.02. The maximum Gasteiger partial charge on any atom is 0.308 e. The Kier molecular flexibility index (Phi) is 3.83. The SMILES string of the molecule is CC(C)(C)c1nc(N2C[C@H](C(=O)O)[C@@H](c3ccccc3)C2)no1. The molecular formula is C17H21N3O3. The first-order valence-corrected chi connectivity index (χ1v) is 7.73. The van der Waals surface area contributed by atoms with Gasteiger partial charge in [0.15, 0.2) is 0 Å². The predicted octanol–water partition coefficient (Wildman–Crippen LogP) is 2.67. The van der Waals surface area contributed by atoms with Crippen molar-refractivity contribution in [3.8, 4) is 0 Å². The van der Waals surface area contributed by atoms with Crippen molar-refractivity contribution in [2.75, 3.05) is 18.0 Å². The number of rotatable bonds is 3. The van der Waals surface area contributed by atoms with E-state index in [1.165, 1.54) is 0 Å². The highest BCUT2D eigenvalue weighted by Crippen LogP contribution is 2.35. The van der Waals surface area contributed by atoms with E-state index in [1.54, 1.807) is 0 Å². The molecule has 1 fully saturated rings. The number of hydrogen-bond acceptors (Lipinski definition) is 5. The van der Waals surface area contributed by atoms with Gasteiger partial charge in [0.2, 0.25) is 5.89 Å². The fourth-order valence-corrected chi connectivity index (χ4v) is 2.90. The minimum Gasteiger partial charge on any atom is -0.481 e. The van der Waals surface area contributed by atoms with Crippen LogP contribution in [0.3, 0.4) is 0 Å². The molecule has 23 heavy (non-hydrogen) atoms. The van der Waals surface area contributed by atoms with E-state index in [0.717, 1.165) is 5.56 Å². The quantitative estimate of drug-likeness (QED) is 0.938. The molecule has 1 aromatic carbocycles. The average molecular weight is 315 g/mol. The van der Waals surface area contributed by atoms with E-state index in [9.17, 15) is 9.90 Å². The molecule has 6 heteroatoms. The van der Waals surface area contributed by atoms with Crippen LogP contribution in [0.25, 0.3) is 0 Å². The Labute approximate surface area is 135 Å². The van der Waals surface area contributed by atoms with E-state index in [0.29, 0.717) is 24.9 Å². The van der Waals surface area contributed by atoms with Crippen LogP contribution >= 0.6 is 0 Å². The maximum atomic E-state index is 11.6. The molecule has 0 saturated carbocycles. The Morgan fingerprint density at radius 3 is 2.52 bits per heavy atom. The monoisotopic (exact) mass is 315 g/mol. The van der Waals surface area contributed by atoms with Gasteiger partial charge >= 0.3 is 5.97 Å². The van der Waals surface area contributed by atoms with Gasteiger partial charge in [-0.1, -0.05) is 51.1 Å². The minimum atomic E-state index is -0.791. The first-order chi connectivity index (χ1) is 10.9. The molecule has 3 rings (SSSR count). The van der Waals surface area contributed by atoms with Crippen LogP contribution in [0.2, 0.25) is 0 Å².